The van der Waals surface area contributed by atoms with Gasteiger partial charge in [-0.3, -0.25) is 4.39 Å². The molecule has 68 heavy (non-hydrogen) atoms. The molecule has 6 heterocycles. The second-order valence-corrected chi connectivity index (χ2v) is 15.4. The lowest BCUT2D eigenvalue weighted by molar-refractivity contribution is 0.0592. The number of fused-ring (bicyclic) bond motifs is 2. The van der Waals surface area contributed by atoms with Crippen molar-refractivity contribution in [2.45, 2.75) is 7.43 Å². The van der Waals surface area contributed by atoms with Crippen LogP contribution in [0.3, 0.4) is 0 Å². The van der Waals surface area contributed by atoms with Gasteiger partial charge in [0.25, 0.3) is 0 Å². The monoisotopic (exact) mass is 983 g/mol. The van der Waals surface area contributed by atoms with E-state index in [-0.39, 0.29) is 19.4 Å². The van der Waals surface area contributed by atoms with E-state index < -0.39 is 7.15 Å². The summed E-state index contributed by atoms with van der Waals surface area (Å²) < 4.78 is 25.7. The van der Waals surface area contributed by atoms with Crippen LogP contribution in [-0.2, 0) is 9.47 Å². The maximum absolute atomic E-state index is 12.0. The standard InChI is InChI=1S/C24H22N6O2.C16H11BrN2O2.C8H12N4.CH3F.CH4/c1-32-23(31)18-8-9-19-20(16-18)28-22(21(27-19)17-6-3-2-4-7-17)29-12-14-30(15-13-29)24-25-10-5-11-26-24;1-21-16(20)11-7-8-12-13(9-11)19-15(17)14(18-12)10-5-3-2-4-6-10;1-2-10-8(11-3-1)12-6-4-9-5-7-12;1-2;/h2-11,16H,12-15H2,1H3;2-9H,1H3;1-3,9H,4-7H2;1H3;1H4/i;;;1D;. The van der Waals surface area contributed by atoms with Gasteiger partial charge in [0.2, 0.25) is 11.9 Å². The number of piperazine rings is 2. The van der Waals surface area contributed by atoms with Crippen molar-refractivity contribution in [2.75, 3.05) is 88.4 Å². The van der Waals surface area contributed by atoms with Crippen LogP contribution in [0.1, 0.15) is 29.5 Å². The first-order valence-corrected chi connectivity index (χ1v) is 22.0. The Bertz CT molecular complexity index is 2890. The van der Waals surface area contributed by atoms with Crippen LogP contribution in [0.2, 0.25) is 0 Å². The van der Waals surface area contributed by atoms with Gasteiger partial charge in [-0.2, -0.15) is 0 Å². The molecule has 2 aliphatic rings. The molecule has 10 rings (SSSR count). The number of carbonyl (C=O) groups excluding carboxylic acids is 2. The van der Waals surface area contributed by atoms with Crippen molar-refractivity contribution in [3.63, 3.8) is 0 Å². The zero-order chi connectivity index (χ0) is 47.7. The average molecular weight is 985 g/mol. The van der Waals surface area contributed by atoms with Crippen molar-refractivity contribution >= 4 is 67.6 Å². The van der Waals surface area contributed by atoms with E-state index in [4.69, 9.17) is 20.8 Å². The van der Waals surface area contributed by atoms with E-state index in [1.807, 2.05) is 78.9 Å². The number of nitrogens with one attached hydrogen (secondary N) is 1. The Kier molecular flexibility index (Phi) is 17.6. The third-order valence-electron chi connectivity index (χ3n) is 10.6. The zero-order valence-corrected chi connectivity index (χ0v) is 38.5. The first-order chi connectivity index (χ1) is 33.3. The minimum atomic E-state index is -1.00. The van der Waals surface area contributed by atoms with Gasteiger partial charge in [-0.15, -0.1) is 0 Å². The number of benzene rings is 4. The molecule has 8 aromatic rings. The molecule has 2 saturated heterocycles. The van der Waals surface area contributed by atoms with E-state index in [0.29, 0.717) is 26.8 Å². The van der Waals surface area contributed by atoms with Crippen LogP contribution in [0.4, 0.5) is 22.1 Å². The lowest BCUT2D eigenvalue weighted by Gasteiger charge is -2.36. The van der Waals surface area contributed by atoms with E-state index in [0.717, 1.165) is 104 Å². The fraction of sp³-hybridized carbons (Fsp3) is 0.240. The Hall–Kier alpha value is -7.57. The van der Waals surface area contributed by atoms with Crippen LogP contribution in [0.25, 0.3) is 44.6 Å². The van der Waals surface area contributed by atoms with Crippen LogP contribution in [-0.4, -0.2) is 126 Å². The van der Waals surface area contributed by atoms with Crippen LogP contribution >= 0.6 is 15.9 Å². The zero-order valence-electron chi connectivity index (χ0n) is 37.9. The summed E-state index contributed by atoms with van der Waals surface area (Å²) in [7, 11) is 1.73. The van der Waals surface area contributed by atoms with Crippen molar-refractivity contribution in [3.05, 3.63) is 150 Å². The molecule has 0 unspecified atom stereocenters. The minimum Gasteiger partial charge on any atom is -0.465 e. The predicted molar refractivity (Wildman–Crippen MR) is 268 cm³/mol. The van der Waals surface area contributed by atoms with Gasteiger partial charge < -0.3 is 29.5 Å². The Morgan fingerprint density at radius 1 is 0.574 bits per heavy atom. The molecule has 18 heteroatoms. The Morgan fingerprint density at radius 3 is 1.49 bits per heavy atom. The largest absolute Gasteiger partial charge is 0.465 e. The highest BCUT2D eigenvalue weighted by Gasteiger charge is 2.24. The van der Waals surface area contributed by atoms with E-state index in [2.05, 4.69) is 65.9 Å². The molecule has 4 aromatic carbocycles. The second-order valence-electron chi connectivity index (χ2n) is 14.7. The molecule has 0 amide bonds. The summed E-state index contributed by atoms with van der Waals surface area (Å²) in [6.45, 7) is 7.13. The highest BCUT2D eigenvalue weighted by Crippen LogP contribution is 2.31. The number of esters is 2. The summed E-state index contributed by atoms with van der Waals surface area (Å²) in [6, 6.07) is 33.9. The Morgan fingerprint density at radius 2 is 1.00 bits per heavy atom. The number of ether oxygens (including phenoxy) is 2. The third-order valence-corrected chi connectivity index (χ3v) is 11.1. The number of rotatable bonds is 7. The smallest absolute Gasteiger partial charge is 0.337 e. The number of nitrogens with zero attached hydrogens (tertiary/aromatic N) is 11. The first-order valence-electron chi connectivity index (χ1n) is 21.9. The fourth-order valence-electron chi connectivity index (χ4n) is 7.25. The molecule has 0 bridgehead atoms. The minimum absolute atomic E-state index is 0. The van der Waals surface area contributed by atoms with Gasteiger partial charge in [0.05, 0.1) is 55.9 Å². The van der Waals surface area contributed by atoms with Gasteiger partial charge in [0.15, 0.2) is 5.82 Å². The van der Waals surface area contributed by atoms with Crippen molar-refractivity contribution in [1.29, 1.82) is 0 Å². The maximum Gasteiger partial charge on any atom is 0.337 e. The van der Waals surface area contributed by atoms with E-state index in [1.165, 1.54) is 14.2 Å². The number of halogens is 2. The van der Waals surface area contributed by atoms with E-state index >= 15 is 0 Å². The quantitative estimate of drug-likeness (QED) is 0.151. The third kappa shape index (κ3) is 12.4. The number of hydrogen-bond acceptors (Lipinski definition) is 16. The number of carbonyl (C=O) groups is 2. The lowest BCUT2D eigenvalue weighted by Crippen LogP contribution is -2.47. The molecule has 4 aromatic heterocycles. The van der Waals surface area contributed by atoms with Gasteiger partial charge in [-0.1, -0.05) is 68.1 Å². The van der Waals surface area contributed by atoms with Crippen molar-refractivity contribution < 1.29 is 24.8 Å². The topological polar surface area (TPSA) is 177 Å². The SMILES string of the molecule is C.COC(=O)c1ccc2nc(-c3ccccc3)c(Br)nc2c1.COC(=O)c1ccc2nc(-c3ccccc3)c(N3CCN(c4ncccn4)CC3)nc2c1.[2H]CF.c1cnc(N2CCNCC2)nc1. The number of anilines is 3. The molecule has 16 nitrogen and oxygen atoms in total. The molecule has 0 atom stereocenters. The van der Waals surface area contributed by atoms with E-state index in [1.54, 1.807) is 55.1 Å². The summed E-state index contributed by atoms with van der Waals surface area (Å²) in [6.07, 6.45) is 7.08. The number of hydrogen-bond donors (Lipinski definition) is 1. The van der Waals surface area contributed by atoms with Gasteiger partial charge in [0.1, 0.15) is 16.0 Å². The van der Waals surface area contributed by atoms with E-state index in [9.17, 15) is 14.0 Å². The highest BCUT2D eigenvalue weighted by atomic mass is 79.9. The van der Waals surface area contributed by atoms with Gasteiger partial charge in [-0.05, 0) is 64.5 Å². The highest BCUT2D eigenvalue weighted by molar-refractivity contribution is 9.10. The molecule has 0 aliphatic carbocycles. The van der Waals surface area contributed by atoms with Gasteiger partial charge >= 0.3 is 11.9 Å². The molecule has 0 spiro atoms. The summed E-state index contributed by atoms with van der Waals surface area (Å²) in [5, 5.41) is 3.29. The molecule has 0 saturated carbocycles. The summed E-state index contributed by atoms with van der Waals surface area (Å²) in [5.41, 5.74) is 7.26. The normalized spacial score (nSPS) is 13.2. The molecular formula is C50H52BrFN12O4. The fourth-order valence-corrected chi connectivity index (χ4v) is 7.76. The number of alkyl halides is 1. The lowest BCUT2D eigenvalue weighted by atomic mass is 10.1. The predicted octanol–water partition coefficient (Wildman–Crippen LogP) is 8.15. The summed E-state index contributed by atoms with van der Waals surface area (Å²) in [4.78, 5) is 66.2. The molecule has 2 aliphatic heterocycles. The van der Waals surface area contributed by atoms with Crippen molar-refractivity contribution in [2.24, 2.45) is 0 Å². The van der Waals surface area contributed by atoms with Crippen LogP contribution in [0, 0.1) is 0 Å². The maximum atomic E-state index is 12.0. The van der Waals surface area contributed by atoms with Crippen LogP contribution in [0.5, 0.6) is 0 Å². The number of aromatic nitrogens is 8. The molecule has 350 valence electrons. The number of methoxy groups -OCH3 is 2. The molecule has 0 radical (unpaired) electrons. The molecular weight excluding hydrogens is 932 g/mol. The summed E-state index contributed by atoms with van der Waals surface area (Å²) in [5.74, 6) is 1.61. The van der Waals surface area contributed by atoms with Crippen molar-refractivity contribution in [3.8, 4) is 22.5 Å². The van der Waals surface area contributed by atoms with Gasteiger partial charge in [-0.25, -0.2) is 49.5 Å². The Labute approximate surface area is 404 Å². The van der Waals surface area contributed by atoms with Crippen LogP contribution < -0.4 is 20.0 Å². The summed E-state index contributed by atoms with van der Waals surface area (Å²) >= 11 is 3.44. The average Bonchev–Trinajstić information content (AvgIpc) is 3.41. The first kappa shape index (κ1) is 48.4. The second kappa shape index (κ2) is 24.8. The molecule has 2 fully saturated rings. The van der Waals surface area contributed by atoms with Crippen molar-refractivity contribution in [1.82, 2.24) is 45.2 Å². The molecule has 1 N–H and O–H groups in total. The Balaban J connectivity index is 0.000000181. The van der Waals surface area contributed by atoms with Gasteiger partial charge in [0, 0.05) is 88.3 Å². The van der Waals surface area contributed by atoms with Crippen LogP contribution in [0.15, 0.2) is 139 Å².